The lowest BCUT2D eigenvalue weighted by atomic mass is 9.80. The monoisotopic (exact) mass is 315 g/mol. The maximum Gasteiger partial charge on any atom is 0.233 e. The van der Waals surface area contributed by atoms with E-state index in [0.29, 0.717) is 12.3 Å². The first kappa shape index (κ1) is 15.1. The lowest BCUT2D eigenvalue weighted by Gasteiger charge is -2.37. The first-order chi connectivity index (χ1) is 11.1. The highest BCUT2D eigenvalue weighted by Crippen LogP contribution is 2.53. The molecule has 1 aliphatic heterocycles. The second-order valence-electron chi connectivity index (χ2n) is 7.71. The Balaban J connectivity index is 1.59. The van der Waals surface area contributed by atoms with E-state index >= 15 is 0 Å². The minimum atomic E-state index is -0.222. The van der Waals surface area contributed by atoms with Gasteiger partial charge in [0, 0.05) is 6.04 Å². The second kappa shape index (κ2) is 5.59. The van der Waals surface area contributed by atoms with Crippen molar-refractivity contribution < 1.29 is 14.7 Å². The molecule has 3 aliphatic carbocycles. The van der Waals surface area contributed by atoms with Crippen molar-refractivity contribution >= 4 is 11.8 Å². The Morgan fingerprint density at radius 3 is 2.22 bits per heavy atom. The van der Waals surface area contributed by atoms with Crippen LogP contribution < -0.4 is 0 Å². The maximum absolute atomic E-state index is 13.0. The topological polar surface area (TPSA) is 57.6 Å². The molecular weight excluding hydrogens is 290 g/mol. The van der Waals surface area contributed by atoms with Crippen LogP contribution in [0.1, 0.15) is 38.5 Å². The molecule has 4 rings (SSSR count). The number of imide groups is 1. The van der Waals surface area contributed by atoms with Gasteiger partial charge in [-0.3, -0.25) is 14.5 Å². The molecule has 0 aromatic carbocycles. The number of fused-ring (bicyclic) bond motifs is 5. The quantitative estimate of drug-likeness (QED) is 0.640. The third-order valence-electron chi connectivity index (χ3n) is 6.53. The van der Waals surface area contributed by atoms with Crippen molar-refractivity contribution in [3.63, 3.8) is 0 Å². The van der Waals surface area contributed by atoms with Gasteiger partial charge in [-0.2, -0.15) is 0 Å². The molecule has 1 N–H and O–H groups in total. The smallest absolute Gasteiger partial charge is 0.233 e. The Hall–Kier alpha value is -1.42. The summed E-state index contributed by atoms with van der Waals surface area (Å²) in [6.07, 6.45) is 10.8. The summed E-state index contributed by atoms with van der Waals surface area (Å²) in [5.41, 5.74) is 0. The first-order valence-corrected chi connectivity index (χ1v) is 8.96. The highest BCUT2D eigenvalue weighted by atomic mass is 16.3. The van der Waals surface area contributed by atoms with E-state index in [4.69, 9.17) is 0 Å². The number of allylic oxidation sites excluding steroid dienone is 2. The van der Waals surface area contributed by atoms with Crippen molar-refractivity contribution in [2.75, 3.05) is 0 Å². The summed E-state index contributed by atoms with van der Waals surface area (Å²) in [6.45, 7) is 3.84. The molecule has 2 bridgehead atoms. The van der Waals surface area contributed by atoms with Crippen molar-refractivity contribution in [2.45, 2.75) is 50.7 Å². The Labute approximate surface area is 137 Å². The van der Waals surface area contributed by atoms with E-state index in [0.717, 1.165) is 32.1 Å². The van der Waals surface area contributed by atoms with Crippen molar-refractivity contribution in [3.8, 4) is 0 Å². The van der Waals surface area contributed by atoms with Gasteiger partial charge in [-0.25, -0.2) is 0 Å². The van der Waals surface area contributed by atoms with Crippen LogP contribution in [0.15, 0.2) is 24.8 Å². The van der Waals surface area contributed by atoms with Crippen LogP contribution in [-0.2, 0) is 9.59 Å². The van der Waals surface area contributed by atoms with Gasteiger partial charge < -0.3 is 5.11 Å². The van der Waals surface area contributed by atoms with Crippen LogP contribution in [0, 0.1) is 29.6 Å². The molecule has 0 aromatic heterocycles. The van der Waals surface area contributed by atoms with Crippen LogP contribution >= 0.6 is 0 Å². The van der Waals surface area contributed by atoms with Crippen LogP contribution in [0.3, 0.4) is 0 Å². The number of aliphatic hydroxyl groups excluding tert-OH is 1. The predicted octanol–water partition coefficient (Wildman–Crippen LogP) is 2.29. The molecule has 3 fully saturated rings. The highest BCUT2D eigenvalue weighted by Gasteiger charge is 2.60. The van der Waals surface area contributed by atoms with Crippen LogP contribution in [0.4, 0.5) is 0 Å². The van der Waals surface area contributed by atoms with Gasteiger partial charge in [-0.1, -0.05) is 18.2 Å². The molecular formula is C19H25NO3. The van der Waals surface area contributed by atoms with Gasteiger partial charge in [-0.15, -0.1) is 6.58 Å². The van der Waals surface area contributed by atoms with Crippen molar-refractivity contribution in [1.82, 2.24) is 4.90 Å². The number of carbonyl (C=O) groups is 2. The average Bonchev–Trinajstić information content (AvgIpc) is 3.21. The number of amides is 2. The number of rotatable bonds is 4. The number of nitrogens with zero attached hydrogens (tertiary/aromatic N) is 1. The summed E-state index contributed by atoms with van der Waals surface area (Å²) in [5.74, 6) is 0.712. The average molecular weight is 315 g/mol. The molecule has 0 aromatic rings. The SMILES string of the molecule is C=CCC(C1CCC(O)CC1)N1C(=O)C2C3C=CC(C3)C2C1=O. The standard InChI is InChI=1S/C19H25NO3/c1-2-3-15(11-6-8-14(21)9-7-11)20-18(22)16-12-4-5-13(10-12)17(16)19(20)23/h2,4-5,11-17,21H,1,3,6-10H2. The number of likely N-dealkylation sites (tertiary alicyclic amines) is 1. The molecule has 1 saturated heterocycles. The summed E-state index contributed by atoms with van der Waals surface area (Å²) < 4.78 is 0. The number of hydrogen-bond donors (Lipinski definition) is 1. The minimum absolute atomic E-state index is 0.0508. The molecule has 1 heterocycles. The number of hydrogen-bond acceptors (Lipinski definition) is 3. The van der Waals surface area contributed by atoms with E-state index in [2.05, 4.69) is 18.7 Å². The van der Waals surface area contributed by atoms with Crippen molar-refractivity contribution in [2.24, 2.45) is 29.6 Å². The largest absolute Gasteiger partial charge is 0.393 e. The van der Waals surface area contributed by atoms with Crippen molar-refractivity contribution in [3.05, 3.63) is 24.8 Å². The fourth-order valence-corrected chi connectivity index (χ4v) is 5.42. The Kier molecular flexibility index (Phi) is 3.67. The van der Waals surface area contributed by atoms with Gasteiger partial charge in [-0.05, 0) is 56.3 Å². The van der Waals surface area contributed by atoms with E-state index in [1.54, 1.807) is 4.90 Å². The highest BCUT2D eigenvalue weighted by molar-refractivity contribution is 6.06. The molecule has 4 heteroatoms. The normalized spacial score (nSPS) is 43.1. The van der Waals surface area contributed by atoms with Gasteiger partial charge in [0.15, 0.2) is 0 Å². The summed E-state index contributed by atoms with van der Waals surface area (Å²) in [7, 11) is 0. The Morgan fingerprint density at radius 1 is 1.13 bits per heavy atom. The molecule has 5 atom stereocenters. The zero-order valence-electron chi connectivity index (χ0n) is 13.4. The van der Waals surface area contributed by atoms with Gasteiger partial charge in [0.25, 0.3) is 0 Å². The fraction of sp³-hybridized carbons (Fsp3) is 0.684. The molecule has 4 aliphatic rings. The predicted molar refractivity (Wildman–Crippen MR) is 86.1 cm³/mol. The fourth-order valence-electron chi connectivity index (χ4n) is 5.42. The van der Waals surface area contributed by atoms with Crippen LogP contribution in [0.25, 0.3) is 0 Å². The summed E-state index contributed by atoms with van der Waals surface area (Å²) in [6, 6.07) is -0.0648. The number of carbonyl (C=O) groups excluding carboxylic acids is 2. The molecule has 4 nitrogen and oxygen atoms in total. The van der Waals surface area contributed by atoms with E-state index in [1.807, 2.05) is 6.08 Å². The first-order valence-electron chi connectivity index (χ1n) is 8.96. The number of aliphatic hydroxyl groups is 1. The van der Waals surface area contributed by atoms with Gasteiger partial charge >= 0.3 is 0 Å². The lowest BCUT2D eigenvalue weighted by Crippen LogP contribution is -2.46. The van der Waals surface area contributed by atoms with Gasteiger partial charge in [0.05, 0.1) is 17.9 Å². The van der Waals surface area contributed by atoms with Crippen LogP contribution in [0.5, 0.6) is 0 Å². The molecule has 23 heavy (non-hydrogen) atoms. The van der Waals surface area contributed by atoms with E-state index < -0.39 is 0 Å². The van der Waals surface area contributed by atoms with E-state index in [9.17, 15) is 14.7 Å². The lowest BCUT2D eigenvalue weighted by molar-refractivity contribution is -0.145. The zero-order valence-corrected chi connectivity index (χ0v) is 13.4. The van der Waals surface area contributed by atoms with Crippen molar-refractivity contribution in [1.29, 1.82) is 0 Å². The Morgan fingerprint density at radius 2 is 1.70 bits per heavy atom. The van der Waals surface area contributed by atoms with E-state index in [-0.39, 0.29) is 47.6 Å². The minimum Gasteiger partial charge on any atom is -0.393 e. The molecule has 0 radical (unpaired) electrons. The van der Waals surface area contributed by atoms with E-state index in [1.165, 1.54) is 0 Å². The molecule has 2 amide bonds. The van der Waals surface area contributed by atoms with Crippen LogP contribution in [0.2, 0.25) is 0 Å². The summed E-state index contributed by atoms with van der Waals surface area (Å²) in [4.78, 5) is 27.6. The van der Waals surface area contributed by atoms with Gasteiger partial charge in [0.2, 0.25) is 11.8 Å². The second-order valence-corrected chi connectivity index (χ2v) is 7.71. The molecule has 0 spiro atoms. The maximum atomic E-state index is 13.0. The summed E-state index contributed by atoms with van der Waals surface area (Å²) in [5, 5.41) is 9.74. The third-order valence-corrected chi connectivity index (χ3v) is 6.53. The molecule has 5 unspecified atom stereocenters. The zero-order chi connectivity index (χ0) is 16.1. The Bertz CT molecular complexity index is 531. The summed E-state index contributed by atoms with van der Waals surface area (Å²) >= 11 is 0. The molecule has 2 saturated carbocycles. The third kappa shape index (κ3) is 2.22. The van der Waals surface area contributed by atoms with Gasteiger partial charge in [0.1, 0.15) is 0 Å². The molecule has 124 valence electrons. The van der Waals surface area contributed by atoms with Crippen LogP contribution in [-0.4, -0.2) is 34.0 Å².